The van der Waals surface area contributed by atoms with Crippen molar-refractivity contribution in [2.45, 2.75) is 0 Å². The first-order valence-electron chi connectivity index (χ1n) is 20.5. The summed E-state index contributed by atoms with van der Waals surface area (Å²) in [4.78, 5) is 0. The van der Waals surface area contributed by atoms with Gasteiger partial charge in [-0.1, -0.05) is 176 Å². The quantitative estimate of drug-likeness (QED) is 0.135. The molecule has 1 nitrogen and oxygen atoms in total. The Hall–Kier alpha value is -7.52. The summed E-state index contributed by atoms with van der Waals surface area (Å²) in [6.45, 7) is 0. The Bertz CT molecular complexity index is 3370. The first-order valence-corrected chi connectivity index (χ1v) is 21.3. The van der Waals surface area contributed by atoms with Gasteiger partial charge in [-0.2, -0.15) is 0 Å². The summed E-state index contributed by atoms with van der Waals surface area (Å²) in [6, 6.07) is 81.4. The zero-order valence-electron chi connectivity index (χ0n) is 32.9. The molecule has 0 aliphatic heterocycles. The number of aromatic nitrogens is 1. The van der Waals surface area contributed by atoms with Gasteiger partial charge >= 0.3 is 0 Å². The van der Waals surface area contributed by atoms with E-state index in [0.29, 0.717) is 0 Å². The van der Waals surface area contributed by atoms with E-state index >= 15 is 0 Å². The maximum absolute atomic E-state index is 2.44. The summed E-state index contributed by atoms with van der Waals surface area (Å²) in [6.07, 6.45) is 4.69. The first-order chi connectivity index (χ1) is 29.7. The summed E-state index contributed by atoms with van der Waals surface area (Å²) >= 11 is 1.89. The standard InChI is InChI=1S/C58H39NS/c1-6-18-40(19-7-1)34-50(42-22-10-3-11-23-42)46-37-53(51(43-24-12-4-13-25-43)35-41-20-8-2-9-21-41)58-54(38-46)52-36-44(31-33-57(52)60-58)45-30-32-49-48-28-16-17-29-55(48)59(56(49)39-45)47-26-14-5-15-27-47/h1-39H. The molecule has 0 saturated carbocycles. The third-order valence-corrected chi connectivity index (χ3v) is 12.8. The average Bonchev–Trinajstić information content (AvgIpc) is 3.86. The zero-order valence-corrected chi connectivity index (χ0v) is 33.7. The molecule has 0 saturated heterocycles. The molecule has 282 valence electrons. The Morgan fingerprint density at radius 2 is 0.900 bits per heavy atom. The maximum atomic E-state index is 2.44. The minimum Gasteiger partial charge on any atom is -0.309 e. The largest absolute Gasteiger partial charge is 0.309 e. The van der Waals surface area contributed by atoms with Gasteiger partial charge in [-0.3, -0.25) is 0 Å². The lowest BCUT2D eigenvalue weighted by molar-refractivity contribution is 1.18. The van der Waals surface area contributed by atoms with Crippen LogP contribution in [0.5, 0.6) is 0 Å². The molecule has 9 aromatic carbocycles. The summed E-state index contributed by atoms with van der Waals surface area (Å²) in [5.41, 5.74) is 15.5. The SMILES string of the molecule is C(=C(c1ccccc1)c1cc(C(=Cc2ccccc2)c2ccccc2)c2sc3ccc(-c4ccc5c6ccccc6n(-c6ccccc6)c5c4)cc3c2c1)c1ccccc1. The highest BCUT2D eigenvalue weighted by atomic mass is 32.1. The van der Waals surface area contributed by atoms with Gasteiger partial charge in [-0.05, 0) is 111 Å². The molecule has 11 rings (SSSR count). The lowest BCUT2D eigenvalue weighted by Gasteiger charge is -2.16. The van der Waals surface area contributed by atoms with Crippen molar-refractivity contribution < 1.29 is 0 Å². The van der Waals surface area contributed by atoms with E-state index in [1.165, 1.54) is 97.6 Å². The van der Waals surface area contributed by atoms with Gasteiger partial charge < -0.3 is 4.57 Å². The van der Waals surface area contributed by atoms with E-state index in [9.17, 15) is 0 Å². The summed E-state index contributed by atoms with van der Waals surface area (Å²) in [5.74, 6) is 0. The van der Waals surface area contributed by atoms with E-state index < -0.39 is 0 Å². The predicted octanol–water partition coefficient (Wildman–Crippen LogP) is 16.0. The van der Waals surface area contributed by atoms with Crippen LogP contribution in [-0.2, 0) is 0 Å². The highest BCUT2D eigenvalue weighted by molar-refractivity contribution is 7.26. The van der Waals surface area contributed by atoms with Gasteiger partial charge in [0.15, 0.2) is 0 Å². The zero-order chi connectivity index (χ0) is 39.8. The fraction of sp³-hybridized carbons (Fsp3) is 0. The van der Waals surface area contributed by atoms with Crippen LogP contribution in [-0.4, -0.2) is 4.57 Å². The molecule has 0 spiro atoms. The molecule has 0 radical (unpaired) electrons. The third kappa shape index (κ3) is 6.54. The van der Waals surface area contributed by atoms with Gasteiger partial charge in [0.05, 0.1) is 11.0 Å². The normalized spacial score (nSPS) is 12.2. The average molecular weight is 782 g/mol. The van der Waals surface area contributed by atoms with Crippen molar-refractivity contribution in [1.29, 1.82) is 0 Å². The van der Waals surface area contributed by atoms with Gasteiger partial charge in [0.2, 0.25) is 0 Å². The molecule has 0 aliphatic carbocycles. The van der Waals surface area contributed by atoms with E-state index in [1.807, 2.05) is 11.3 Å². The van der Waals surface area contributed by atoms with Crippen LogP contribution in [0.15, 0.2) is 224 Å². The number of fused-ring (bicyclic) bond motifs is 6. The molecule has 2 heterocycles. The van der Waals surface area contributed by atoms with Crippen LogP contribution in [0.25, 0.3) is 82.1 Å². The van der Waals surface area contributed by atoms with Crippen LogP contribution >= 0.6 is 11.3 Å². The highest BCUT2D eigenvalue weighted by Crippen LogP contribution is 2.45. The molecule has 0 amide bonds. The molecule has 2 heteroatoms. The van der Waals surface area contributed by atoms with Gasteiger partial charge in [-0.15, -0.1) is 11.3 Å². The number of para-hydroxylation sites is 2. The second kappa shape index (κ2) is 15.3. The minimum atomic E-state index is 1.16. The molecule has 0 fully saturated rings. The van der Waals surface area contributed by atoms with Crippen molar-refractivity contribution in [3.8, 4) is 16.8 Å². The molecule has 60 heavy (non-hydrogen) atoms. The second-order valence-electron chi connectivity index (χ2n) is 15.3. The Labute approximate surface area is 354 Å². The molecule has 0 aliphatic rings. The van der Waals surface area contributed by atoms with Crippen molar-refractivity contribution in [1.82, 2.24) is 4.57 Å². The lowest BCUT2D eigenvalue weighted by Crippen LogP contribution is -1.94. The van der Waals surface area contributed by atoms with E-state index in [4.69, 9.17) is 0 Å². The molecule has 0 bridgehead atoms. The number of rotatable bonds is 8. The van der Waals surface area contributed by atoms with Gasteiger partial charge in [0.1, 0.15) is 0 Å². The lowest BCUT2D eigenvalue weighted by atomic mass is 9.88. The van der Waals surface area contributed by atoms with Crippen LogP contribution in [0, 0.1) is 0 Å². The third-order valence-electron chi connectivity index (χ3n) is 11.6. The topological polar surface area (TPSA) is 4.93 Å². The fourth-order valence-corrected chi connectivity index (χ4v) is 9.93. The minimum absolute atomic E-state index is 1.16. The van der Waals surface area contributed by atoms with Gasteiger partial charge in [0, 0.05) is 42.2 Å². The van der Waals surface area contributed by atoms with E-state index in [0.717, 1.165) is 5.69 Å². The molecule has 2 aromatic heterocycles. The monoisotopic (exact) mass is 781 g/mol. The fourth-order valence-electron chi connectivity index (χ4n) is 8.74. The molecule has 11 aromatic rings. The predicted molar refractivity (Wildman–Crippen MR) is 259 cm³/mol. The molecular weight excluding hydrogens is 743 g/mol. The molecular formula is C58H39NS. The Balaban J connectivity index is 1.18. The van der Waals surface area contributed by atoms with Crippen LogP contribution in [0.3, 0.4) is 0 Å². The van der Waals surface area contributed by atoms with Crippen molar-refractivity contribution >= 4 is 76.6 Å². The number of nitrogens with zero attached hydrogens (tertiary/aromatic N) is 1. The van der Waals surface area contributed by atoms with E-state index in [2.05, 4.69) is 241 Å². The number of hydrogen-bond acceptors (Lipinski definition) is 1. The Kier molecular flexibility index (Phi) is 9.11. The number of hydrogen-bond donors (Lipinski definition) is 0. The Morgan fingerprint density at radius 3 is 1.58 bits per heavy atom. The van der Waals surface area contributed by atoms with Crippen LogP contribution in [0.1, 0.15) is 33.4 Å². The molecule has 0 N–H and O–H groups in total. The summed E-state index contributed by atoms with van der Waals surface area (Å²) in [5, 5.41) is 5.04. The second-order valence-corrected chi connectivity index (χ2v) is 16.4. The van der Waals surface area contributed by atoms with Crippen molar-refractivity contribution in [2.24, 2.45) is 0 Å². The maximum Gasteiger partial charge on any atom is 0.0547 e. The van der Waals surface area contributed by atoms with Gasteiger partial charge in [0.25, 0.3) is 0 Å². The van der Waals surface area contributed by atoms with Crippen molar-refractivity contribution in [3.05, 3.63) is 258 Å². The molecule has 0 atom stereocenters. The van der Waals surface area contributed by atoms with E-state index in [-0.39, 0.29) is 0 Å². The summed E-state index contributed by atoms with van der Waals surface area (Å²) < 4.78 is 4.95. The van der Waals surface area contributed by atoms with Crippen LogP contribution < -0.4 is 0 Å². The highest BCUT2D eigenvalue weighted by Gasteiger charge is 2.19. The van der Waals surface area contributed by atoms with Crippen LogP contribution in [0.2, 0.25) is 0 Å². The van der Waals surface area contributed by atoms with E-state index in [1.54, 1.807) is 0 Å². The number of benzene rings is 9. The van der Waals surface area contributed by atoms with Gasteiger partial charge in [-0.25, -0.2) is 0 Å². The van der Waals surface area contributed by atoms with Crippen molar-refractivity contribution in [2.75, 3.05) is 0 Å². The van der Waals surface area contributed by atoms with Crippen LogP contribution in [0.4, 0.5) is 0 Å². The summed E-state index contributed by atoms with van der Waals surface area (Å²) in [7, 11) is 0. The Morgan fingerprint density at radius 1 is 0.367 bits per heavy atom. The molecule has 0 unspecified atom stereocenters. The first kappa shape index (κ1) is 35.6. The van der Waals surface area contributed by atoms with Crippen molar-refractivity contribution in [3.63, 3.8) is 0 Å². The number of thiophene rings is 1. The smallest absolute Gasteiger partial charge is 0.0547 e.